The summed E-state index contributed by atoms with van der Waals surface area (Å²) in [5.74, 6) is -0.164. The van der Waals surface area contributed by atoms with E-state index in [2.05, 4.69) is 6.92 Å². The second kappa shape index (κ2) is 4.17. The largest absolute Gasteiger partial charge is 0.393 e. The second-order valence-electron chi connectivity index (χ2n) is 5.45. The van der Waals surface area contributed by atoms with Gasteiger partial charge in [-0.2, -0.15) is 0 Å². The molecule has 0 aliphatic heterocycles. The Morgan fingerprint density at radius 2 is 2.25 bits per heavy atom. The Bertz CT molecular complexity index is 388. The summed E-state index contributed by atoms with van der Waals surface area (Å²) in [6, 6.07) is 4.97. The maximum atomic E-state index is 13.2. The molecule has 88 valence electrons. The lowest BCUT2D eigenvalue weighted by molar-refractivity contribution is 0.163. The van der Waals surface area contributed by atoms with Gasteiger partial charge in [-0.15, -0.1) is 0 Å². The number of hydrogen-bond acceptors (Lipinski definition) is 1. The first kappa shape index (κ1) is 11.6. The summed E-state index contributed by atoms with van der Waals surface area (Å²) >= 11 is 0. The highest BCUT2D eigenvalue weighted by Crippen LogP contribution is 2.41. The molecule has 1 N–H and O–H groups in total. The molecular formula is C14H19FO. The fourth-order valence-corrected chi connectivity index (χ4v) is 2.74. The van der Waals surface area contributed by atoms with Crippen LogP contribution in [-0.4, -0.2) is 11.2 Å². The molecule has 2 heteroatoms. The van der Waals surface area contributed by atoms with Crippen molar-refractivity contribution < 1.29 is 9.50 Å². The van der Waals surface area contributed by atoms with E-state index in [0.29, 0.717) is 0 Å². The molecule has 1 aliphatic carbocycles. The summed E-state index contributed by atoms with van der Waals surface area (Å²) in [6.45, 7) is 4.21. The van der Waals surface area contributed by atoms with Crippen LogP contribution in [0.4, 0.5) is 4.39 Å². The molecule has 16 heavy (non-hydrogen) atoms. The monoisotopic (exact) mass is 222 g/mol. The first-order valence-corrected chi connectivity index (χ1v) is 5.92. The first-order valence-electron chi connectivity index (χ1n) is 5.92. The van der Waals surface area contributed by atoms with E-state index in [1.165, 1.54) is 6.07 Å². The molecule has 1 nitrogen and oxygen atoms in total. The lowest BCUT2D eigenvalue weighted by Crippen LogP contribution is -2.17. The highest BCUT2D eigenvalue weighted by Gasteiger charge is 2.34. The molecule has 1 aromatic rings. The number of benzene rings is 1. The zero-order chi connectivity index (χ0) is 11.8. The van der Waals surface area contributed by atoms with Crippen molar-refractivity contribution in [3.63, 3.8) is 0 Å². The van der Waals surface area contributed by atoms with Gasteiger partial charge in [0.05, 0.1) is 6.10 Å². The molecule has 2 unspecified atom stereocenters. The zero-order valence-corrected chi connectivity index (χ0v) is 9.96. The van der Waals surface area contributed by atoms with Crippen molar-refractivity contribution >= 4 is 0 Å². The van der Waals surface area contributed by atoms with Crippen LogP contribution < -0.4 is 0 Å². The topological polar surface area (TPSA) is 20.2 Å². The van der Waals surface area contributed by atoms with Gasteiger partial charge in [-0.3, -0.25) is 0 Å². The van der Waals surface area contributed by atoms with Gasteiger partial charge in [0.2, 0.25) is 0 Å². The highest BCUT2D eigenvalue weighted by atomic mass is 19.1. The van der Waals surface area contributed by atoms with Gasteiger partial charge in [-0.1, -0.05) is 13.0 Å². The van der Waals surface area contributed by atoms with Gasteiger partial charge in [-0.05, 0) is 61.3 Å². The van der Waals surface area contributed by atoms with Crippen LogP contribution in [0, 0.1) is 18.2 Å². The van der Waals surface area contributed by atoms with Crippen LogP contribution in [-0.2, 0) is 6.42 Å². The summed E-state index contributed by atoms with van der Waals surface area (Å²) in [7, 11) is 0. The lowest BCUT2D eigenvalue weighted by Gasteiger charge is -2.24. The van der Waals surface area contributed by atoms with E-state index in [-0.39, 0.29) is 17.3 Å². The van der Waals surface area contributed by atoms with Gasteiger partial charge in [0.25, 0.3) is 0 Å². The third-order valence-electron chi connectivity index (χ3n) is 3.74. The van der Waals surface area contributed by atoms with Crippen molar-refractivity contribution in [3.8, 4) is 0 Å². The van der Waals surface area contributed by atoms with Gasteiger partial charge in [-0.25, -0.2) is 4.39 Å². The smallest absolute Gasteiger partial charge is 0.123 e. The molecule has 0 aromatic heterocycles. The molecule has 1 fully saturated rings. The molecular weight excluding hydrogens is 203 g/mol. The number of aryl methyl sites for hydroxylation is 1. The maximum absolute atomic E-state index is 13.2. The molecule has 1 saturated carbocycles. The van der Waals surface area contributed by atoms with E-state index in [1.54, 1.807) is 6.07 Å². The van der Waals surface area contributed by atoms with E-state index in [4.69, 9.17) is 0 Å². The van der Waals surface area contributed by atoms with Crippen molar-refractivity contribution in [3.05, 3.63) is 35.1 Å². The zero-order valence-electron chi connectivity index (χ0n) is 9.96. The molecule has 0 amide bonds. The number of aliphatic hydroxyl groups excluding tert-OH is 1. The lowest BCUT2D eigenvalue weighted by atomic mass is 9.81. The molecule has 1 aliphatic rings. The Hall–Kier alpha value is -0.890. The average Bonchev–Trinajstić information content (AvgIpc) is 2.52. The van der Waals surface area contributed by atoms with Crippen molar-refractivity contribution in [2.24, 2.45) is 5.41 Å². The fraction of sp³-hybridized carbons (Fsp3) is 0.571. The second-order valence-corrected chi connectivity index (χ2v) is 5.45. The van der Waals surface area contributed by atoms with Crippen LogP contribution in [0.3, 0.4) is 0 Å². The number of aliphatic hydroxyl groups is 1. The van der Waals surface area contributed by atoms with E-state index in [9.17, 15) is 9.50 Å². The summed E-state index contributed by atoms with van der Waals surface area (Å²) in [6.07, 6.45) is 3.45. The predicted octanol–water partition coefficient (Wildman–Crippen LogP) is 3.23. The van der Waals surface area contributed by atoms with Crippen molar-refractivity contribution in [2.75, 3.05) is 0 Å². The third kappa shape index (κ3) is 2.43. The van der Waals surface area contributed by atoms with Gasteiger partial charge >= 0.3 is 0 Å². The van der Waals surface area contributed by atoms with Crippen LogP contribution in [0.1, 0.15) is 37.3 Å². The summed E-state index contributed by atoms with van der Waals surface area (Å²) in [5, 5.41) is 9.59. The first-order chi connectivity index (χ1) is 7.48. The van der Waals surface area contributed by atoms with E-state index in [0.717, 1.165) is 36.8 Å². The third-order valence-corrected chi connectivity index (χ3v) is 3.74. The van der Waals surface area contributed by atoms with Crippen LogP contribution in [0.25, 0.3) is 0 Å². The molecule has 0 spiro atoms. The standard InChI is InChI=1S/C14H19FO/c1-10-3-4-12(15)7-11(10)8-14(2)6-5-13(16)9-14/h3-4,7,13,16H,5-6,8-9H2,1-2H3. The van der Waals surface area contributed by atoms with Crippen molar-refractivity contribution in [1.82, 2.24) is 0 Å². The van der Waals surface area contributed by atoms with Crippen LogP contribution >= 0.6 is 0 Å². The molecule has 0 saturated heterocycles. The Balaban J connectivity index is 2.17. The summed E-state index contributed by atoms with van der Waals surface area (Å²) < 4.78 is 13.2. The number of halogens is 1. The maximum Gasteiger partial charge on any atom is 0.123 e. The van der Waals surface area contributed by atoms with Gasteiger partial charge < -0.3 is 5.11 Å². The van der Waals surface area contributed by atoms with E-state index in [1.807, 2.05) is 13.0 Å². The van der Waals surface area contributed by atoms with Gasteiger partial charge in [0, 0.05) is 0 Å². The molecule has 1 aromatic carbocycles. The predicted molar refractivity (Wildman–Crippen MR) is 62.8 cm³/mol. The highest BCUT2D eigenvalue weighted by molar-refractivity contribution is 5.27. The normalized spacial score (nSPS) is 29.6. The van der Waals surface area contributed by atoms with Crippen LogP contribution in [0.2, 0.25) is 0 Å². The van der Waals surface area contributed by atoms with Gasteiger partial charge in [0.1, 0.15) is 5.82 Å². The minimum atomic E-state index is -0.168. The molecule has 2 atom stereocenters. The molecule has 0 radical (unpaired) electrons. The fourth-order valence-electron chi connectivity index (χ4n) is 2.74. The SMILES string of the molecule is Cc1ccc(F)cc1CC1(C)CCC(O)C1. The molecule has 0 heterocycles. The Morgan fingerprint density at radius 3 is 2.88 bits per heavy atom. The Morgan fingerprint density at radius 1 is 1.50 bits per heavy atom. The average molecular weight is 222 g/mol. The van der Waals surface area contributed by atoms with E-state index < -0.39 is 0 Å². The van der Waals surface area contributed by atoms with Gasteiger partial charge in [0.15, 0.2) is 0 Å². The van der Waals surface area contributed by atoms with Crippen molar-refractivity contribution in [2.45, 2.75) is 45.6 Å². The molecule has 0 bridgehead atoms. The number of hydrogen-bond donors (Lipinski definition) is 1. The molecule has 2 rings (SSSR count). The van der Waals surface area contributed by atoms with E-state index >= 15 is 0 Å². The Labute approximate surface area is 96.3 Å². The summed E-state index contributed by atoms with van der Waals surface area (Å²) in [5.41, 5.74) is 2.36. The minimum absolute atomic E-state index is 0.137. The minimum Gasteiger partial charge on any atom is -0.393 e. The summed E-state index contributed by atoms with van der Waals surface area (Å²) in [4.78, 5) is 0. The van der Waals surface area contributed by atoms with Crippen LogP contribution in [0.15, 0.2) is 18.2 Å². The number of rotatable bonds is 2. The quantitative estimate of drug-likeness (QED) is 0.814. The Kier molecular flexibility index (Phi) is 3.02. The van der Waals surface area contributed by atoms with Crippen LogP contribution in [0.5, 0.6) is 0 Å². The van der Waals surface area contributed by atoms with Crippen molar-refractivity contribution in [1.29, 1.82) is 0 Å².